The van der Waals surface area contributed by atoms with Crippen LogP contribution in [0.25, 0.3) is 0 Å². The summed E-state index contributed by atoms with van der Waals surface area (Å²) in [6, 6.07) is 10.1. The average molecular weight is 398 g/mol. The van der Waals surface area contributed by atoms with Gasteiger partial charge in [0.1, 0.15) is 24.7 Å². The van der Waals surface area contributed by atoms with Gasteiger partial charge in [0, 0.05) is 30.8 Å². The van der Waals surface area contributed by atoms with Crippen molar-refractivity contribution in [1.29, 1.82) is 0 Å². The summed E-state index contributed by atoms with van der Waals surface area (Å²) in [6.07, 6.45) is 0.221. The van der Waals surface area contributed by atoms with E-state index in [9.17, 15) is 9.59 Å². The van der Waals surface area contributed by atoms with Crippen molar-refractivity contribution in [3.63, 3.8) is 0 Å². The second kappa shape index (κ2) is 7.90. The molecular weight excluding hydrogens is 376 g/mol. The molecule has 1 atom stereocenters. The lowest BCUT2D eigenvalue weighted by Crippen LogP contribution is -2.37. The number of anilines is 1. The molecule has 1 unspecified atom stereocenters. The van der Waals surface area contributed by atoms with Gasteiger partial charge in [-0.2, -0.15) is 0 Å². The van der Waals surface area contributed by atoms with Crippen molar-refractivity contribution in [2.24, 2.45) is 0 Å². The van der Waals surface area contributed by atoms with Gasteiger partial charge in [0.15, 0.2) is 11.5 Å². The molecule has 2 aliphatic rings. The molecule has 8 nitrogen and oxygen atoms in total. The van der Waals surface area contributed by atoms with Crippen LogP contribution in [-0.2, 0) is 4.79 Å². The Morgan fingerprint density at radius 2 is 1.86 bits per heavy atom. The summed E-state index contributed by atoms with van der Waals surface area (Å²) in [5.74, 6) is 1.94. The molecule has 152 valence electrons. The van der Waals surface area contributed by atoms with E-state index in [1.807, 2.05) is 6.07 Å². The van der Waals surface area contributed by atoms with E-state index in [0.717, 1.165) is 5.69 Å². The summed E-state index contributed by atoms with van der Waals surface area (Å²) < 4.78 is 21.6. The number of hydrogen-bond donors (Lipinski definition) is 1. The Morgan fingerprint density at radius 1 is 1.07 bits per heavy atom. The third-order valence-corrected chi connectivity index (χ3v) is 4.95. The lowest BCUT2D eigenvalue weighted by Gasteiger charge is -2.22. The van der Waals surface area contributed by atoms with Crippen LogP contribution in [0.5, 0.6) is 23.0 Å². The third kappa shape index (κ3) is 3.78. The van der Waals surface area contributed by atoms with E-state index in [-0.39, 0.29) is 24.3 Å². The second-order valence-electron chi connectivity index (χ2n) is 6.77. The molecule has 2 amide bonds. The summed E-state index contributed by atoms with van der Waals surface area (Å²) in [6.45, 7) is 1.37. The molecule has 2 heterocycles. The number of ether oxygens (including phenoxy) is 4. The fraction of sp³-hybridized carbons (Fsp3) is 0.333. The molecule has 0 aromatic heterocycles. The zero-order chi connectivity index (χ0) is 20.4. The molecule has 0 bridgehead atoms. The monoisotopic (exact) mass is 398 g/mol. The highest BCUT2D eigenvalue weighted by Crippen LogP contribution is 2.35. The predicted molar refractivity (Wildman–Crippen MR) is 105 cm³/mol. The maximum atomic E-state index is 12.7. The first-order valence-corrected chi connectivity index (χ1v) is 9.32. The van der Waals surface area contributed by atoms with Crippen molar-refractivity contribution in [2.75, 3.05) is 38.9 Å². The molecule has 1 saturated heterocycles. The minimum atomic E-state index is -0.310. The number of rotatable bonds is 5. The largest absolute Gasteiger partial charge is 0.497 e. The van der Waals surface area contributed by atoms with Gasteiger partial charge in [0.25, 0.3) is 5.91 Å². The lowest BCUT2D eigenvalue weighted by molar-refractivity contribution is -0.117. The molecule has 1 fully saturated rings. The number of methoxy groups -OCH3 is 2. The van der Waals surface area contributed by atoms with Crippen molar-refractivity contribution in [3.8, 4) is 23.0 Å². The number of amides is 2. The number of benzene rings is 2. The quantitative estimate of drug-likeness (QED) is 0.829. The van der Waals surface area contributed by atoms with Crippen molar-refractivity contribution >= 4 is 17.5 Å². The number of nitrogens with zero attached hydrogens (tertiary/aromatic N) is 1. The van der Waals surface area contributed by atoms with Crippen molar-refractivity contribution in [2.45, 2.75) is 12.5 Å². The number of carbonyl (C=O) groups is 2. The van der Waals surface area contributed by atoms with Crippen LogP contribution in [0.3, 0.4) is 0 Å². The van der Waals surface area contributed by atoms with E-state index in [0.29, 0.717) is 48.3 Å². The third-order valence-electron chi connectivity index (χ3n) is 4.95. The highest BCUT2D eigenvalue weighted by Gasteiger charge is 2.33. The molecule has 0 radical (unpaired) electrons. The number of nitrogens with one attached hydrogen (secondary N) is 1. The number of hydrogen-bond acceptors (Lipinski definition) is 6. The Hall–Kier alpha value is -3.42. The maximum absolute atomic E-state index is 12.7. The van der Waals surface area contributed by atoms with E-state index in [1.54, 1.807) is 42.3 Å². The fourth-order valence-corrected chi connectivity index (χ4v) is 3.50. The molecule has 4 rings (SSSR count). The topological polar surface area (TPSA) is 86.3 Å². The molecule has 2 aliphatic heterocycles. The molecule has 1 N–H and O–H groups in total. The molecule has 0 aliphatic carbocycles. The van der Waals surface area contributed by atoms with Crippen LogP contribution >= 0.6 is 0 Å². The Bertz CT molecular complexity index is 945. The van der Waals surface area contributed by atoms with Gasteiger partial charge in [-0.3, -0.25) is 9.59 Å². The number of fused-ring (bicyclic) bond motifs is 1. The van der Waals surface area contributed by atoms with E-state index < -0.39 is 0 Å². The summed E-state index contributed by atoms with van der Waals surface area (Å²) in [5.41, 5.74) is 1.11. The Kier molecular flexibility index (Phi) is 5.16. The highest BCUT2D eigenvalue weighted by atomic mass is 16.6. The zero-order valence-corrected chi connectivity index (χ0v) is 16.3. The van der Waals surface area contributed by atoms with E-state index >= 15 is 0 Å². The average Bonchev–Trinajstić information content (AvgIpc) is 3.12. The van der Waals surface area contributed by atoms with Gasteiger partial charge in [0.2, 0.25) is 5.91 Å². The van der Waals surface area contributed by atoms with Gasteiger partial charge in [-0.15, -0.1) is 0 Å². The van der Waals surface area contributed by atoms with E-state index in [1.165, 1.54) is 7.11 Å². The first-order valence-electron chi connectivity index (χ1n) is 9.32. The van der Waals surface area contributed by atoms with Gasteiger partial charge >= 0.3 is 0 Å². The van der Waals surface area contributed by atoms with Crippen LogP contribution in [-0.4, -0.2) is 51.8 Å². The van der Waals surface area contributed by atoms with Crippen LogP contribution in [0.15, 0.2) is 36.4 Å². The van der Waals surface area contributed by atoms with Gasteiger partial charge in [-0.05, 0) is 24.3 Å². The summed E-state index contributed by atoms with van der Waals surface area (Å²) in [5, 5.41) is 2.92. The zero-order valence-electron chi connectivity index (χ0n) is 16.3. The van der Waals surface area contributed by atoms with Crippen LogP contribution in [0.1, 0.15) is 16.8 Å². The normalized spacial score (nSPS) is 17.8. The first kappa shape index (κ1) is 18.9. The Balaban J connectivity index is 1.46. The Labute approximate surface area is 168 Å². The van der Waals surface area contributed by atoms with Gasteiger partial charge in [-0.1, -0.05) is 0 Å². The fourth-order valence-electron chi connectivity index (χ4n) is 3.50. The second-order valence-corrected chi connectivity index (χ2v) is 6.77. The van der Waals surface area contributed by atoms with Crippen LogP contribution in [0.4, 0.5) is 5.69 Å². The first-order chi connectivity index (χ1) is 14.1. The van der Waals surface area contributed by atoms with Gasteiger partial charge in [0.05, 0.1) is 25.8 Å². The van der Waals surface area contributed by atoms with Gasteiger partial charge < -0.3 is 29.2 Å². The van der Waals surface area contributed by atoms with Crippen LogP contribution in [0.2, 0.25) is 0 Å². The van der Waals surface area contributed by atoms with Crippen molar-refractivity contribution in [1.82, 2.24) is 5.32 Å². The van der Waals surface area contributed by atoms with Crippen LogP contribution < -0.4 is 29.2 Å². The molecular formula is C21H22N2O6. The van der Waals surface area contributed by atoms with E-state index in [2.05, 4.69) is 5.32 Å². The SMILES string of the molecule is COc1ccc(C(=O)NC2CC(=O)N(c3ccc4c(c3)OCCO4)C2)c(OC)c1. The predicted octanol–water partition coefficient (Wildman–Crippen LogP) is 2.01. The molecule has 2 aromatic carbocycles. The molecule has 0 saturated carbocycles. The molecule has 2 aromatic rings. The van der Waals surface area contributed by atoms with Crippen molar-refractivity contribution in [3.05, 3.63) is 42.0 Å². The molecule has 8 heteroatoms. The Morgan fingerprint density at radius 3 is 2.62 bits per heavy atom. The lowest BCUT2D eigenvalue weighted by atomic mass is 10.1. The summed E-state index contributed by atoms with van der Waals surface area (Å²) in [7, 11) is 3.04. The van der Waals surface area contributed by atoms with E-state index in [4.69, 9.17) is 18.9 Å². The molecule has 29 heavy (non-hydrogen) atoms. The van der Waals surface area contributed by atoms with Gasteiger partial charge in [-0.25, -0.2) is 0 Å². The summed E-state index contributed by atoms with van der Waals surface area (Å²) in [4.78, 5) is 26.9. The maximum Gasteiger partial charge on any atom is 0.255 e. The van der Waals surface area contributed by atoms with Crippen LogP contribution in [0, 0.1) is 0 Å². The molecule has 0 spiro atoms. The standard InChI is InChI=1S/C21H22N2O6/c1-26-15-4-5-16(18(11-15)27-2)21(25)22-13-9-20(24)23(12-13)14-3-6-17-19(10-14)29-8-7-28-17/h3-6,10-11,13H,7-9,12H2,1-2H3,(H,22,25). The highest BCUT2D eigenvalue weighted by molar-refractivity contribution is 6.00. The minimum absolute atomic E-state index is 0.0614. The number of carbonyl (C=O) groups excluding carboxylic acids is 2. The minimum Gasteiger partial charge on any atom is -0.497 e. The van der Waals surface area contributed by atoms with Crippen molar-refractivity contribution < 1.29 is 28.5 Å². The smallest absolute Gasteiger partial charge is 0.255 e. The summed E-state index contributed by atoms with van der Waals surface area (Å²) >= 11 is 0.